The number of nitrogens with zero attached hydrogens (tertiary/aromatic N) is 2. The second-order valence-corrected chi connectivity index (χ2v) is 4.54. The first-order valence-electron chi connectivity index (χ1n) is 5.26. The molecular weight excluding hydrogens is 314 g/mol. The van der Waals surface area contributed by atoms with Crippen LogP contribution in [-0.4, -0.2) is 21.4 Å². The molecule has 0 unspecified atom stereocenters. The highest BCUT2D eigenvalue weighted by atomic mass is 79.9. The lowest BCUT2D eigenvalue weighted by Gasteiger charge is -2.10. The van der Waals surface area contributed by atoms with E-state index in [1.807, 2.05) is 0 Å². The average molecular weight is 324 g/mol. The number of benzene rings is 1. The van der Waals surface area contributed by atoms with Gasteiger partial charge in [-0.2, -0.15) is 0 Å². The summed E-state index contributed by atoms with van der Waals surface area (Å²) in [5.41, 5.74) is 6.62. The maximum absolute atomic E-state index is 10.8. The van der Waals surface area contributed by atoms with E-state index in [4.69, 9.17) is 10.5 Å². The van der Waals surface area contributed by atoms with Crippen molar-refractivity contribution in [2.45, 2.75) is 6.61 Å². The summed E-state index contributed by atoms with van der Waals surface area (Å²) in [4.78, 5) is 18.5. The van der Waals surface area contributed by atoms with Crippen molar-refractivity contribution in [2.24, 2.45) is 0 Å². The van der Waals surface area contributed by atoms with Gasteiger partial charge in [0.2, 0.25) is 0 Å². The van der Waals surface area contributed by atoms with Crippen LogP contribution in [0.4, 0.5) is 5.82 Å². The number of phenolic OH excluding ortho intramolecular Hbond substituents is 1. The molecule has 0 saturated heterocycles. The Bertz CT molecular complexity index is 619. The third-order valence-corrected chi connectivity index (χ3v) is 3.10. The summed E-state index contributed by atoms with van der Waals surface area (Å²) >= 11 is 3.16. The van der Waals surface area contributed by atoms with E-state index in [9.17, 15) is 9.90 Å². The van der Waals surface area contributed by atoms with E-state index in [-0.39, 0.29) is 18.1 Å². The Morgan fingerprint density at radius 1 is 1.47 bits per heavy atom. The van der Waals surface area contributed by atoms with Gasteiger partial charge in [0.25, 0.3) is 0 Å². The van der Waals surface area contributed by atoms with Crippen molar-refractivity contribution in [1.82, 2.24) is 9.97 Å². The van der Waals surface area contributed by atoms with Gasteiger partial charge in [-0.15, -0.1) is 0 Å². The number of carbonyl (C=O) groups excluding carboxylic acids is 1. The third-order valence-electron chi connectivity index (χ3n) is 2.41. The van der Waals surface area contributed by atoms with Crippen molar-refractivity contribution in [2.75, 3.05) is 5.73 Å². The summed E-state index contributed by atoms with van der Waals surface area (Å²) in [5.74, 6) is 0.420. The molecule has 0 amide bonds. The number of phenols is 1. The number of hydrogen-bond acceptors (Lipinski definition) is 6. The Hall–Kier alpha value is -2.15. The van der Waals surface area contributed by atoms with E-state index >= 15 is 0 Å². The van der Waals surface area contributed by atoms with E-state index < -0.39 is 0 Å². The maximum Gasteiger partial charge on any atom is 0.162 e. The number of carbonyl (C=O) groups is 1. The fraction of sp³-hybridized carbons (Fsp3) is 0.0833. The van der Waals surface area contributed by atoms with Crippen LogP contribution in [0.1, 0.15) is 15.9 Å². The molecule has 0 fully saturated rings. The molecule has 0 saturated carbocycles. The third kappa shape index (κ3) is 3.00. The van der Waals surface area contributed by atoms with E-state index in [2.05, 4.69) is 25.9 Å². The van der Waals surface area contributed by atoms with E-state index in [1.165, 1.54) is 24.7 Å². The first-order chi connectivity index (χ1) is 9.11. The maximum atomic E-state index is 10.8. The van der Waals surface area contributed by atoms with Crippen LogP contribution in [-0.2, 0) is 6.61 Å². The summed E-state index contributed by atoms with van der Waals surface area (Å²) < 4.78 is 5.91. The summed E-state index contributed by atoms with van der Waals surface area (Å²) in [7, 11) is 0. The molecule has 1 heterocycles. The Morgan fingerprint density at radius 3 is 2.95 bits per heavy atom. The second-order valence-electron chi connectivity index (χ2n) is 3.68. The van der Waals surface area contributed by atoms with Gasteiger partial charge in [-0.25, -0.2) is 9.97 Å². The summed E-state index contributed by atoms with van der Waals surface area (Å²) in [6.45, 7) is 0.0974. The highest BCUT2D eigenvalue weighted by molar-refractivity contribution is 9.10. The predicted octanol–water partition coefficient (Wildman–Crippen LogP) is 1.92. The number of anilines is 1. The monoisotopic (exact) mass is 323 g/mol. The number of ether oxygens (including phenoxy) is 1. The van der Waals surface area contributed by atoms with Crippen LogP contribution in [0.3, 0.4) is 0 Å². The summed E-state index contributed by atoms with van der Waals surface area (Å²) in [5, 5.41) is 9.73. The van der Waals surface area contributed by atoms with Gasteiger partial charge in [0, 0.05) is 21.8 Å². The molecule has 0 atom stereocenters. The number of aldehydes is 1. The van der Waals surface area contributed by atoms with Crippen molar-refractivity contribution >= 4 is 28.0 Å². The van der Waals surface area contributed by atoms with Crippen LogP contribution < -0.4 is 10.5 Å². The molecule has 6 nitrogen and oxygen atoms in total. The standard InChI is InChI=1S/C12H10BrN3O3/c13-9-2-10(18)11(1-7(9)4-17)19-5-8-3-15-6-16-12(8)14/h1-4,6,18H,5H2,(H2,14,15,16). The van der Waals surface area contributed by atoms with Gasteiger partial charge < -0.3 is 15.6 Å². The van der Waals surface area contributed by atoms with Gasteiger partial charge in [-0.1, -0.05) is 0 Å². The van der Waals surface area contributed by atoms with Crippen LogP contribution >= 0.6 is 15.9 Å². The highest BCUT2D eigenvalue weighted by Crippen LogP contribution is 2.32. The topological polar surface area (TPSA) is 98.3 Å². The summed E-state index contributed by atoms with van der Waals surface area (Å²) in [6.07, 6.45) is 3.52. The molecular formula is C12H10BrN3O3. The van der Waals surface area contributed by atoms with Crippen LogP contribution in [0.15, 0.2) is 29.1 Å². The minimum atomic E-state index is -0.0760. The van der Waals surface area contributed by atoms with Crippen LogP contribution in [0.5, 0.6) is 11.5 Å². The Balaban J connectivity index is 2.20. The zero-order valence-electron chi connectivity index (χ0n) is 9.71. The fourth-order valence-electron chi connectivity index (χ4n) is 1.40. The molecule has 2 aromatic rings. The Labute approximate surface area is 117 Å². The number of rotatable bonds is 4. The van der Waals surface area contributed by atoms with Gasteiger partial charge in [-0.05, 0) is 28.1 Å². The Kier molecular flexibility index (Phi) is 3.96. The average Bonchev–Trinajstić information content (AvgIpc) is 2.39. The van der Waals surface area contributed by atoms with Crippen molar-refractivity contribution in [3.05, 3.63) is 40.3 Å². The molecule has 1 aromatic carbocycles. The number of nitrogens with two attached hydrogens (primary N) is 1. The number of nitrogen functional groups attached to an aromatic ring is 1. The lowest BCUT2D eigenvalue weighted by Crippen LogP contribution is -2.03. The molecule has 19 heavy (non-hydrogen) atoms. The molecule has 0 aliphatic heterocycles. The lowest BCUT2D eigenvalue weighted by atomic mass is 10.2. The van der Waals surface area contributed by atoms with Gasteiger partial charge in [-0.3, -0.25) is 4.79 Å². The minimum Gasteiger partial charge on any atom is -0.504 e. The van der Waals surface area contributed by atoms with Crippen molar-refractivity contribution in [3.8, 4) is 11.5 Å². The number of hydrogen-bond donors (Lipinski definition) is 2. The van der Waals surface area contributed by atoms with Crippen molar-refractivity contribution in [1.29, 1.82) is 0 Å². The van der Waals surface area contributed by atoms with Gasteiger partial charge in [0.1, 0.15) is 18.8 Å². The normalized spacial score (nSPS) is 10.2. The van der Waals surface area contributed by atoms with Gasteiger partial charge >= 0.3 is 0 Å². The van der Waals surface area contributed by atoms with Crippen LogP contribution in [0, 0.1) is 0 Å². The molecule has 3 N–H and O–H groups in total. The van der Waals surface area contributed by atoms with Crippen molar-refractivity contribution < 1.29 is 14.6 Å². The molecule has 0 aliphatic carbocycles. The zero-order chi connectivity index (χ0) is 13.8. The Morgan fingerprint density at radius 2 is 2.26 bits per heavy atom. The molecule has 2 rings (SSSR count). The minimum absolute atomic E-state index is 0.0760. The van der Waals surface area contributed by atoms with E-state index in [0.717, 1.165) is 0 Å². The van der Waals surface area contributed by atoms with Crippen LogP contribution in [0.2, 0.25) is 0 Å². The SMILES string of the molecule is Nc1ncncc1COc1cc(C=O)c(Br)cc1O. The molecule has 7 heteroatoms. The lowest BCUT2D eigenvalue weighted by molar-refractivity contribution is 0.112. The predicted molar refractivity (Wildman–Crippen MR) is 72.0 cm³/mol. The largest absolute Gasteiger partial charge is 0.504 e. The number of aromatic nitrogens is 2. The van der Waals surface area contributed by atoms with E-state index in [1.54, 1.807) is 0 Å². The number of aromatic hydroxyl groups is 1. The molecule has 1 aromatic heterocycles. The van der Waals surface area contributed by atoms with Crippen molar-refractivity contribution in [3.63, 3.8) is 0 Å². The molecule has 0 radical (unpaired) electrons. The quantitative estimate of drug-likeness (QED) is 0.834. The smallest absolute Gasteiger partial charge is 0.162 e. The fourth-order valence-corrected chi connectivity index (χ4v) is 1.82. The van der Waals surface area contributed by atoms with E-state index in [0.29, 0.717) is 27.7 Å². The van der Waals surface area contributed by atoms with Gasteiger partial charge in [0.05, 0.1) is 0 Å². The first kappa shape index (κ1) is 13.3. The number of halogens is 1. The van der Waals surface area contributed by atoms with Crippen LogP contribution in [0.25, 0.3) is 0 Å². The molecule has 0 spiro atoms. The summed E-state index contributed by atoms with van der Waals surface area (Å²) in [6, 6.07) is 2.83. The molecule has 98 valence electrons. The highest BCUT2D eigenvalue weighted by Gasteiger charge is 2.09. The van der Waals surface area contributed by atoms with Gasteiger partial charge in [0.15, 0.2) is 17.8 Å². The molecule has 0 bridgehead atoms. The second kappa shape index (κ2) is 5.66. The first-order valence-corrected chi connectivity index (χ1v) is 6.06. The molecule has 0 aliphatic rings. The zero-order valence-corrected chi connectivity index (χ0v) is 11.3.